The number of benzene rings is 1. The topological polar surface area (TPSA) is 85.7 Å². The van der Waals surface area contributed by atoms with E-state index in [1.165, 1.54) is 18.0 Å². The number of thioether (sulfide) groups is 1. The van der Waals surface area contributed by atoms with Crippen molar-refractivity contribution >= 4 is 23.9 Å². The van der Waals surface area contributed by atoms with Crippen molar-refractivity contribution < 1.29 is 14.3 Å². The summed E-state index contributed by atoms with van der Waals surface area (Å²) in [5.41, 5.74) is 4.96. The average Bonchev–Trinajstić information content (AvgIpc) is 2.59. The maximum atomic E-state index is 11.9. The molecule has 2 aromatic rings. The van der Waals surface area contributed by atoms with Gasteiger partial charge in [-0.05, 0) is 32.0 Å². The predicted molar refractivity (Wildman–Crippen MR) is 97.5 cm³/mol. The van der Waals surface area contributed by atoms with E-state index >= 15 is 0 Å². The van der Waals surface area contributed by atoms with E-state index in [0.717, 1.165) is 17.0 Å². The maximum Gasteiger partial charge on any atom is 0.250 e. The lowest BCUT2D eigenvalue weighted by atomic mass is 10.2. The van der Waals surface area contributed by atoms with Crippen LogP contribution >= 0.6 is 11.8 Å². The standard InChI is InChI=1S/C17H20N4O3S/c1-11-7-12(2)20-17(19-11)25-10-16(22)21-18-9-13-5-6-14(23-3)8-15(13)24-4/h5-9H,10H2,1-4H3,(H,21,22)/b18-9-. The van der Waals surface area contributed by atoms with Gasteiger partial charge in [-0.2, -0.15) is 5.10 Å². The number of carbonyl (C=O) groups is 1. The molecular formula is C17H20N4O3S. The summed E-state index contributed by atoms with van der Waals surface area (Å²) >= 11 is 1.27. The first kappa shape index (κ1) is 18.7. The molecule has 8 heteroatoms. The fraction of sp³-hybridized carbons (Fsp3) is 0.294. The van der Waals surface area contributed by atoms with Gasteiger partial charge in [0.2, 0.25) is 0 Å². The number of hydrogen-bond acceptors (Lipinski definition) is 7. The van der Waals surface area contributed by atoms with Crippen LogP contribution in [-0.2, 0) is 4.79 Å². The molecule has 0 atom stereocenters. The first-order chi connectivity index (χ1) is 12.0. The molecule has 1 heterocycles. The molecule has 1 aromatic heterocycles. The molecule has 0 saturated carbocycles. The molecule has 0 bridgehead atoms. The van der Waals surface area contributed by atoms with Gasteiger partial charge in [0, 0.05) is 23.0 Å². The van der Waals surface area contributed by atoms with Gasteiger partial charge >= 0.3 is 0 Å². The molecule has 0 aliphatic heterocycles. The van der Waals surface area contributed by atoms with Crippen molar-refractivity contribution in [3.63, 3.8) is 0 Å². The molecule has 1 aromatic carbocycles. The molecule has 0 spiro atoms. The summed E-state index contributed by atoms with van der Waals surface area (Å²) in [5, 5.41) is 4.53. The molecule has 0 fully saturated rings. The molecular weight excluding hydrogens is 340 g/mol. The van der Waals surface area contributed by atoms with E-state index in [1.807, 2.05) is 19.9 Å². The summed E-state index contributed by atoms with van der Waals surface area (Å²) in [6, 6.07) is 7.22. The van der Waals surface area contributed by atoms with Crippen molar-refractivity contribution in [2.45, 2.75) is 19.0 Å². The summed E-state index contributed by atoms with van der Waals surface area (Å²) in [5.74, 6) is 1.23. The van der Waals surface area contributed by atoms with E-state index in [4.69, 9.17) is 9.47 Å². The number of rotatable bonds is 7. The summed E-state index contributed by atoms with van der Waals surface area (Å²) < 4.78 is 10.4. The number of methoxy groups -OCH3 is 2. The van der Waals surface area contributed by atoms with Crippen LogP contribution in [0.15, 0.2) is 34.5 Å². The van der Waals surface area contributed by atoms with Gasteiger partial charge in [-0.1, -0.05) is 11.8 Å². The van der Waals surface area contributed by atoms with E-state index in [-0.39, 0.29) is 11.7 Å². The molecule has 0 radical (unpaired) electrons. The molecule has 132 valence electrons. The highest BCUT2D eigenvalue weighted by molar-refractivity contribution is 7.99. The van der Waals surface area contributed by atoms with Crippen molar-refractivity contribution in [1.82, 2.24) is 15.4 Å². The largest absolute Gasteiger partial charge is 0.497 e. The van der Waals surface area contributed by atoms with E-state index in [2.05, 4.69) is 20.5 Å². The Bertz CT molecular complexity index is 760. The van der Waals surface area contributed by atoms with Gasteiger partial charge in [-0.25, -0.2) is 15.4 Å². The third-order valence-electron chi connectivity index (χ3n) is 3.13. The van der Waals surface area contributed by atoms with Crippen molar-refractivity contribution in [3.8, 4) is 11.5 Å². The van der Waals surface area contributed by atoms with Crippen LogP contribution in [0.3, 0.4) is 0 Å². The van der Waals surface area contributed by atoms with Gasteiger partial charge in [0.05, 0.1) is 26.2 Å². The Morgan fingerprint density at radius 1 is 1.20 bits per heavy atom. The Morgan fingerprint density at radius 3 is 2.56 bits per heavy atom. The highest BCUT2D eigenvalue weighted by Crippen LogP contribution is 2.23. The van der Waals surface area contributed by atoms with Gasteiger partial charge in [0.1, 0.15) is 11.5 Å². The third-order valence-corrected chi connectivity index (χ3v) is 3.97. The molecule has 25 heavy (non-hydrogen) atoms. The average molecular weight is 360 g/mol. The molecule has 2 rings (SSSR count). The van der Waals surface area contributed by atoms with Crippen molar-refractivity contribution in [1.29, 1.82) is 0 Å². The second-order valence-electron chi connectivity index (χ2n) is 5.12. The summed E-state index contributed by atoms with van der Waals surface area (Å²) in [7, 11) is 3.14. The summed E-state index contributed by atoms with van der Waals surface area (Å²) in [6.07, 6.45) is 1.52. The zero-order valence-corrected chi connectivity index (χ0v) is 15.4. The fourth-order valence-electron chi connectivity index (χ4n) is 2.02. The number of hydrazone groups is 1. The number of nitrogens with one attached hydrogen (secondary N) is 1. The van der Waals surface area contributed by atoms with Crippen molar-refractivity contribution in [3.05, 3.63) is 41.2 Å². The number of hydrogen-bond donors (Lipinski definition) is 1. The van der Waals surface area contributed by atoms with E-state index in [1.54, 1.807) is 32.4 Å². The van der Waals surface area contributed by atoms with E-state index in [9.17, 15) is 4.79 Å². The van der Waals surface area contributed by atoms with Gasteiger partial charge in [-0.3, -0.25) is 4.79 Å². The predicted octanol–water partition coefficient (Wildman–Crippen LogP) is 2.35. The molecule has 1 N–H and O–H groups in total. The zero-order valence-electron chi connectivity index (χ0n) is 14.6. The Hall–Kier alpha value is -2.61. The molecule has 1 amide bonds. The normalized spacial score (nSPS) is 10.7. The van der Waals surface area contributed by atoms with Gasteiger partial charge in [0.15, 0.2) is 5.16 Å². The zero-order chi connectivity index (χ0) is 18.2. The second kappa shape index (κ2) is 9.03. The lowest BCUT2D eigenvalue weighted by Gasteiger charge is -2.07. The molecule has 7 nitrogen and oxygen atoms in total. The van der Waals surface area contributed by atoms with Crippen LogP contribution in [0.4, 0.5) is 0 Å². The summed E-state index contributed by atoms with van der Waals surface area (Å²) in [4.78, 5) is 20.4. The lowest BCUT2D eigenvalue weighted by Crippen LogP contribution is -2.19. The Balaban J connectivity index is 1.90. The van der Waals surface area contributed by atoms with Crippen LogP contribution in [0.2, 0.25) is 0 Å². The second-order valence-corrected chi connectivity index (χ2v) is 6.07. The van der Waals surface area contributed by atoms with Crippen molar-refractivity contribution in [2.24, 2.45) is 5.10 Å². The van der Waals surface area contributed by atoms with Crippen LogP contribution in [0.5, 0.6) is 11.5 Å². The fourth-order valence-corrected chi connectivity index (χ4v) is 2.76. The highest BCUT2D eigenvalue weighted by Gasteiger charge is 2.06. The first-order valence-corrected chi connectivity index (χ1v) is 8.49. The molecule has 0 saturated heterocycles. The smallest absolute Gasteiger partial charge is 0.250 e. The molecule has 0 aliphatic rings. The van der Waals surface area contributed by atoms with E-state index in [0.29, 0.717) is 16.7 Å². The van der Waals surface area contributed by atoms with Gasteiger partial charge in [-0.15, -0.1) is 0 Å². The number of aryl methyl sites for hydroxylation is 2. The minimum Gasteiger partial charge on any atom is -0.497 e. The SMILES string of the molecule is COc1ccc(/C=N\NC(=O)CSc2nc(C)cc(C)n2)c(OC)c1. The van der Waals surface area contributed by atoms with Gasteiger partial charge in [0.25, 0.3) is 5.91 Å². The quantitative estimate of drug-likeness (QED) is 0.353. The Morgan fingerprint density at radius 2 is 1.92 bits per heavy atom. The monoisotopic (exact) mass is 360 g/mol. The molecule has 0 unspecified atom stereocenters. The minimum atomic E-state index is -0.239. The number of carbonyl (C=O) groups excluding carboxylic acids is 1. The van der Waals surface area contributed by atoms with Gasteiger partial charge < -0.3 is 9.47 Å². The van der Waals surface area contributed by atoms with Crippen LogP contribution in [0.25, 0.3) is 0 Å². The first-order valence-electron chi connectivity index (χ1n) is 7.51. The van der Waals surface area contributed by atoms with Crippen LogP contribution < -0.4 is 14.9 Å². The van der Waals surface area contributed by atoms with Crippen LogP contribution in [0, 0.1) is 13.8 Å². The lowest BCUT2D eigenvalue weighted by molar-refractivity contribution is -0.118. The Kier molecular flexibility index (Phi) is 6.76. The number of amides is 1. The molecule has 0 aliphatic carbocycles. The third kappa shape index (κ3) is 5.75. The Labute approximate surface area is 150 Å². The number of aromatic nitrogens is 2. The van der Waals surface area contributed by atoms with Crippen LogP contribution in [-0.4, -0.2) is 42.1 Å². The number of nitrogens with zero attached hydrogens (tertiary/aromatic N) is 3. The van der Waals surface area contributed by atoms with Crippen LogP contribution in [0.1, 0.15) is 17.0 Å². The van der Waals surface area contributed by atoms with Crippen molar-refractivity contribution in [2.75, 3.05) is 20.0 Å². The highest BCUT2D eigenvalue weighted by atomic mass is 32.2. The minimum absolute atomic E-state index is 0.181. The number of ether oxygens (including phenoxy) is 2. The summed E-state index contributed by atoms with van der Waals surface area (Å²) in [6.45, 7) is 3.79. The maximum absolute atomic E-state index is 11.9. The van der Waals surface area contributed by atoms with E-state index < -0.39 is 0 Å².